The highest BCUT2D eigenvalue weighted by Gasteiger charge is 2.32. The van der Waals surface area contributed by atoms with Crippen LogP contribution in [0.15, 0.2) is 12.1 Å². The molecule has 1 aromatic carbocycles. The number of nitrogen functional groups attached to an aromatic ring is 1. The summed E-state index contributed by atoms with van der Waals surface area (Å²) in [6.07, 6.45) is 4.54. The second kappa shape index (κ2) is 8.92. The summed E-state index contributed by atoms with van der Waals surface area (Å²) in [5.74, 6) is 0.697. The van der Waals surface area contributed by atoms with Crippen molar-refractivity contribution in [3.8, 4) is 17.0 Å². The topological polar surface area (TPSA) is 96.6 Å². The van der Waals surface area contributed by atoms with E-state index in [2.05, 4.69) is 20.2 Å². The summed E-state index contributed by atoms with van der Waals surface area (Å²) in [7, 11) is 0. The number of carbonyl (C=O) groups is 1. The van der Waals surface area contributed by atoms with Gasteiger partial charge in [-0.15, -0.1) is 0 Å². The minimum absolute atomic E-state index is 0.0943. The van der Waals surface area contributed by atoms with Gasteiger partial charge in [-0.25, -0.2) is 14.8 Å². The third kappa shape index (κ3) is 4.58. The predicted octanol–water partition coefficient (Wildman–Crippen LogP) is 3.69. The van der Waals surface area contributed by atoms with Crippen LogP contribution in [0.4, 0.5) is 10.7 Å². The zero-order valence-electron chi connectivity index (χ0n) is 17.7. The van der Waals surface area contributed by atoms with Crippen LogP contribution in [-0.2, 0) is 13.1 Å². The number of benzene rings is 1. The van der Waals surface area contributed by atoms with Gasteiger partial charge in [0.05, 0.1) is 34.5 Å². The number of aromatic nitrogens is 2. The first-order valence-corrected chi connectivity index (χ1v) is 11.8. The van der Waals surface area contributed by atoms with Crippen molar-refractivity contribution in [2.45, 2.75) is 44.8 Å². The molecule has 5 rings (SSSR count). The minimum Gasteiger partial charge on any atom is -0.491 e. The normalized spacial score (nSPS) is 18.1. The molecule has 3 heterocycles. The number of anilines is 1. The first-order chi connectivity index (χ1) is 15.5. The number of hydrogen-bond donors (Lipinski definition) is 2. The Balaban J connectivity index is 1.39. The molecule has 1 aromatic heterocycles. The Bertz CT molecular complexity index is 1040. The molecule has 0 spiro atoms. The summed E-state index contributed by atoms with van der Waals surface area (Å²) < 4.78 is 5.99. The predicted molar refractivity (Wildman–Crippen MR) is 124 cm³/mol. The fraction of sp³-hybridized carbons (Fsp3) is 0.500. The highest BCUT2D eigenvalue weighted by molar-refractivity contribution is 6.37. The quantitative estimate of drug-likeness (QED) is 0.659. The SMILES string of the molecule is Nc1nc2c(c(-c3cc(OCCN4CCCC4)c(Cl)cc3Cl)n1)CN(C(=O)NC1CC1)C2. The molecule has 2 fully saturated rings. The van der Waals surface area contributed by atoms with Crippen LogP contribution < -0.4 is 15.8 Å². The van der Waals surface area contributed by atoms with Crippen molar-refractivity contribution < 1.29 is 9.53 Å². The van der Waals surface area contributed by atoms with Crippen LogP contribution >= 0.6 is 23.2 Å². The van der Waals surface area contributed by atoms with Crippen molar-refractivity contribution in [1.29, 1.82) is 0 Å². The molecule has 1 saturated heterocycles. The number of nitrogens with one attached hydrogen (secondary N) is 1. The Morgan fingerprint density at radius 3 is 2.69 bits per heavy atom. The molecular formula is C22H26Cl2N6O2. The number of amides is 2. The third-order valence-electron chi connectivity index (χ3n) is 6.13. The van der Waals surface area contributed by atoms with Gasteiger partial charge in [-0.3, -0.25) is 4.90 Å². The fourth-order valence-corrected chi connectivity index (χ4v) is 4.77. The van der Waals surface area contributed by atoms with E-state index in [0.717, 1.165) is 43.7 Å². The molecule has 0 bridgehead atoms. The largest absolute Gasteiger partial charge is 0.491 e. The zero-order valence-corrected chi connectivity index (χ0v) is 19.3. The number of carbonyl (C=O) groups excluding carboxylic acids is 1. The standard InChI is InChI=1S/C22H26Cl2N6O2/c23-16-10-17(24)19(32-8-7-29-5-1-2-6-29)9-14(16)20-15-11-30(22(31)26-13-3-4-13)12-18(15)27-21(25)28-20/h9-10,13H,1-8,11-12H2,(H,26,31)(H2,25,27,28). The lowest BCUT2D eigenvalue weighted by Gasteiger charge is -2.17. The second-order valence-electron chi connectivity index (χ2n) is 8.60. The van der Waals surface area contributed by atoms with Crippen molar-refractivity contribution in [3.05, 3.63) is 33.4 Å². The maximum absolute atomic E-state index is 12.6. The first-order valence-electron chi connectivity index (χ1n) is 11.0. The van der Waals surface area contributed by atoms with E-state index in [0.29, 0.717) is 46.7 Å². The highest BCUT2D eigenvalue weighted by atomic mass is 35.5. The monoisotopic (exact) mass is 476 g/mol. The number of fused-ring (bicyclic) bond motifs is 1. The smallest absolute Gasteiger partial charge is 0.318 e. The summed E-state index contributed by atoms with van der Waals surface area (Å²) in [6.45, 7) is 4.40. The van der Waals surface area contributed by atoms with Crippen LogP contribution in [0.2, 0.25) is 10.0 Å². The Kier molecular flexibility index (Phi) is 6.01. The zero-order chi connectivity index (χ0) is 22.2. The van der Waals surface area contributed by atoms with Crippen molar-refractivity contribution in [3.63, 3.8) is 0 Å². The van der Waals surface area contributed by atoms with Gasteiger partial charge in [0, 0.05) is 23.7 Å². The number of halogens is 2. The highest BCUT2D eigenvalue weighted by Crippen LogP contribution is 2.40. The second-order valence-corrected chi connectivity index (χ2v) is 9.41. The van der Waals surface area contributed by atoms with E-state index in [1.807, 2.05) is 6.07 Å². The number of likely N-dealkylation sites (tertiary alicyclic amines) is 1. The van der Waals surface area contributed by atoms with Crippen molar-refractivity contribution >= 4 is 35.2 Å². The number of ether oxygens (including phenoxy) is 1. The van der Waals surface area contributed by atoms with Crippen LogP contribution in [0.1, 0.15) is 36.9 Å². The van der Waals surface area contributed by atoms with Gasteiger partial charge in [0.1, 0.15) is 12.4 Å². The summed E-state index contributed by atoms with van der Waals surface area (Å²) in [5, 5.41) is 3.91. The average Bonchev–Trinajstić information content (AvgIpc) is 3.23. The van der Waals surface area contributed by atoms with Crippen LogP contribution in [0.25, 0.3) is 11.3 Å². The van der Waals surface area contributed by atoms with Gasteiger partial charge in [-0.05, 0) is 50.9 Å². The van der Waals surface area contributed by atoms with Gasteiger partial charge >= 0.3 is 6.03 Å². The van der Waals surface area contributed by atoms with Crippen molar-refractivity contribution in [1.82, 2.24) is 25.1 Å². The molecule has 0 atom stereocenters. The Labute approximate surface area is 197 Å². The summed E-state index contributed by atoms with van der Waals surface area (Å²) in [4.78, 5) is 25.5. The van der Waals surface area contributed by atoms with Crippen LogP contribution in [0.5, 0.6) is 5.75 Å². The van der Waals surface area contributed by atoms with E-state index < -0.39 is 0 Å². The van der Waals surface area contributed by atoms with Gasteiger partial charge in [0.15, 0.2) is 0 Å². The van der Waals surface area contributed by atoms with E-state index in [4.69, 9.17) is 33.7 Å². The Hall–Kier alpha value is -2.29. The maximum atomic E-state index is 12.6. The molecule has 2 aliphatic heterocycles. The van der Waals surface area contributed by atoms with Crippen molar-refractivity contribution in [2.75, 3.05) is 32.0 Å². The lowest BCUT2D eigenvalue weighted by Crippen LogP contribution is -2.37. The molecule has 170 valence electrons. The average molecular weight is 477 g/mol. The molecule has 32 heavy (non-hydrogen) atoms. The molecule has 2 amide bonds. The number of urea groups is 1. The van der Waals surface area contributed by atoms with Crippen LogP contribution in [-0.4, -0.2) is 58.1 Å². The van der Waals surface area contributed by atoms with Gasteiger partial charge in [-0.1, -0.05) is 23.2 Å². The minimum atomic E-state index is -0.0943. The number of nitrogens with two attached hydrogens (primary N) is 1. The molecular weight excluding hydrogens is 451 g/mol. The number of rotatable bonds is 6. The molecule has 1 aliphatic carbocycles. The van der Waals surface area contributed by atoms with Crippen LogP contribution in [0.3, 0.4) is 0 Å². The molecule has 3 aliphatic rings. The molecule has 1 saturated carbocycles. The van der Waals surface area contributed by atoms with Gasteiger partial charge in [0.2, 0.25) is 5.95 Å². The lowest BCUT2D eigenvalue weighted by atomic mass is 10.1. The number of nitrogens with zero attached hydrogens (tertiary/aromatic N) is 4. The Morgan fingerprint density at radius 1 is 1.16 bits per heavy atom. The van der Waals surface area contributed by atoms with Gasteiger partial charge in [0.25, 0.3) is 0 Å². The van der Waals surface area contributed by atoms with E-state index in [1.165, 1.54) is 12.8 Å². The maximum Gasteiger partial charge on any atom is 0.318 e. The van der Waals surface area contributed by atoms with E-state index in [-0.39, 0.29) is 18.0 Å². The molecule has 10 heteroatoms. The van der Waals surface area contributed by atoms with Crippen molar-refractivity contribution in [2.24, 2.45) is 0 Å². The molecule has 8 nitrogen and oxygen atoms in total. The van der Waals surface area contributed by atoms with E-state index >= 15 is 0 Å². The number of hydrogen-bond acceptors (Lipinski definition) is 6. The van der Waals surface area contributed by atoms with Gasteiger partial charge < -0.3 is 20.7 Å². The Morgan fingerprint density at radius 2 is 1.94 bits per heavy atom. The molecule has 3 N–H and O–H groups in total. The van der Waals surface area contributed by atoms with Gasteiger partial charge in [-0.2, -0.15) is 0 Å². The lowest BCUT2D eigenvalue weighted by molar-refractivity contribution is 0.197. The molecule has 0 unspecified atom stereocenters. The third-order valence-corrected chi connectivity index (χ3v) is 6.74. The van der Waals surface area contributed by atoms with E-state index in [9.17, 15) is 4.79 Å². The van der Waals surface area contributed by atoms with Crippen LogP contribution in [0, 0.1) is 0 Å². The fourth-order valence-electron chi connectivity index (χ4n) is 4.25. The van der Waals surface area contributed by atoms with E-state index in [1.54, 1.807) is 11.0 Å². The summed E-state index contributed by atoms with van der Waals surface area (Å²) in [5.41, 5.74) is 8.86. The first kappa shape index (κ1) is 21.6. The summed E-state index contributed by atoms with van der Waals surface area (Å²) >= 11 is 13.0. The molecule has 2 aromatic rings. The summed E-state index contributed by atoms with van der Waals surface area (Å²) in [6, 6.07) is 3.67. The molecule has 0 radical (unpaired) electrons.